The van der Waals surface area contributed by atoms with Crippen molar-refractivity contribution >= 4 is 5.91 Å². The molecule has 100 valence electrons. The number of carbonyl (C=O) groups is 1. The highest BCUT2D eigenvalue weighted by Crippen LogP contribution is 2.20. The first-order valence-electron chi connectivity index (χ1n) is 6.55. The smallest absolute Gasteiger partial charge is 0.229 e. The van der Waals surface area contributed by atoms with Gasteiger partial charge >= 0.3 is 0 Å². The third-order valence-electron chi connectivity index (χ3n) is 3.49. The molecular weight excluding hydrogens is 230 g/mol. The van der Waals surface area contributed by atoms with Crippen LogP contribution in [0.4, 0.5) is 0 Å². The number of rotatable bonds is 3. The number of carbonyl (C=O) groups excluding carboxylic acids is 1. The highest BCUT2D eigenvalue weighted by molar-refractivity contribution is 5.78. The molecule has 5 nitrogen and oxygen atoms in total. The number of piperidine rings is 1. The van der Waals surface area contributed by atoms with Crippen molar-refractivity contribution in [3.8, 4) is 0 Å². The van der Waals surface area contributed by atoms with Crippen LogP contribution in [0.1, 0.15) is 37.6 Å². The molecule has 0 saturated carbocycles. The van der Waals surface area contributed by atoms with Crippen LogP contribution in [-0.2, 0) is 11.2 Å². The monoisotopic (exact) mass is 251 g/mol. The summed E-state index contributed by atoms with van der Waals surface area (Å²) in [5, 5.41) is 3.87. The predicted molar refractivity (Wildman–Crippen MR) is 67.9 cm³/mol. The summed E-state index contributed by atoms with van der Waals surface area (Å²) in [7, 11) is 0. The highest BCUT2D eigenvalue weighted by Gasteiger charge is 2.29. The molecule has 1 amide bonds. The van der Waals surface area contributed by atoms with Gasteiger partial charge in [0.25, 0.3) is 0 Å². The Morgan fingerprint density at radius 2 is 2.44 bits per heavy atom. The van der Waals surface area contributed by atoms with Gasteiger partial charge in [-0.2, -0.15) is 0 Å². The molecule has 0 bridgehead atoms. The van der Waals surface area contributed by atoms with Crippen LogP contribution in [0.5, 0.6) is 0 Å². The number of likely N-dealkylation sites (tertiary alicyclic amines) is 1. The molecule has 1 fully saturated rings. The van der Waals surface area contributed by atoms with Crippen LogP contribution in [0.3, 0.4) is 0 Å². The topological polar surface area (TPSA) is 72.4 Å². The van der Waals surface area contributed by atoms with E-state index in [0.29, 0.717) is 12.1 Å². The van der Waals surface area contributed by atoms with E-state index in [1.165, 1.54) is 0 Å². The number of amides is 1. The molecule has 0 spiro atoms. The van der Waals surface area contributed by atoms with Crippen molar-refractivity contribution in [1.82, 2.24) is 10.1 Å². The van der Waals surface area contributed by atoms with Gasteiger partial charge in [0.15, 0.2) is 0 Å². The molecular formula is C13H21N3O2. The third-order valence-corrected chi connectivity index (χ3v) is 3.49. The number of aryl methyl sites for hydroxylation is 1. The highest BCUT2D eigenvalue weighted by atomic mass is 16.5. The van der Waals surface area contributed by atoms with Gasteiger partial charge in [-0.05, 0) is 33.1 Å². The molecule has 2 atom stereocenters. The first kappa shape index (κ1) is 13.1. The van der Waals surface area contributed by atoms with Gasteiger partial charge in [-0.25, -0.2) is 0 Å². The minimum atomic E-state index is 0.0216. The second-order valence-corrected chi connectivity index (χ2v) is 5.12. The molecule has 5 heteroatoms. The molecule has 18 heavy (non-hydrogen) atoms. The maximum Gasteiger partial charge on any atom is 0.229 e. The van der Waals surface area contributed by atoms with Gasteiger partial charge in [-0.15, -0.1) is 0 Å². The van der Waals surface area contributed by atoms with Crippen molar-refractivity contribution in [3.05, 3.63) is 17.5 Å². The Hall–Kier alpha value is -1.36. The minimum absolute atomic E-state index is 0.0216. The van der Waals surface area contributed by atoms with Gasteiger partial charge < -0.3 is 15.2 Å². The average Bonchev–Trinajstić information content (AvgIpc) is 2.74. The number of aromatic nitrogens is 1. The lowest BCUT2D eigenvalue weighted by Gasteiger charge is -2.38. The van der Waals surface area contributed by atoms with Crippen LogP contribution in [0.15, 0.2) is 10.6 Å². The Morgan fingerprint density at radius 1 is 1.67 bits per heavy atom. The molecule has 0 unspecified atom stereocenters. The average molecular weight is 251 g/mol. The van der Waals surface area contributed by atoms with Crippen LogP contribution < -0.4 is 5.73 Å². The van der Waals surface area contributed by atoms with E-state index in [4.69, 9.17) is 10.3 Å². The Balaban J connectivity index is 2.02. The van der Waals surface area contributed by atoms with E-state index in [0.717, 1.165) is 31.6 Å². The second-order valence-electron chi connectivity index (χ2n) is 5.12. The van der Waals surface area contributed by atoms with E-state index in [-0.39, 0.29) is 18.0 Å². The number of hydrogen-bond donors (Lipinski definition) is 1. The minimum Gasteiger partial charge on any atom is -0.361 e. The van der Waals surface area contributed by atoms with Crippen LogP contribution in [0, 0.1) is 6.92 Å². The Bertz CT molecular complexity index is 414. The van der Waals surface area contributed by atoms with Crippen molar-refractivity contribution < 1.29 is 9.32 Å². The molecule has 2 N–H and O–H groups in total. The number of hydrogen-bond acceptors (Lipinski definition) is 4. The molecule has 1 aliphatic rings. The van der Waals surface area contributed by atoms with E-state index in [1.54, 1.807) is 0 Å². The molecule has 1 aliphatic heterocycles. The summed E-state index contributed by atoms with van der Waals surface area (Å²) in [6.45, 7) is 4.60. The lowest BCUT2D eigenvalue weighted by atomic mass is 9.96. The van der Waals surface area contributed by atoms with E-state index in [9.17, 15) is 4.79 Å². The molecule has 2 heterocycles. The maximum atomic E-state index is 12.3. The fourth-order valence-corrected chi connectivity index (χ4v) is 2.57. The quantitative estimate of drug-likeness (QED) is 0.877. The molecule has 2 rings (SSSR count). The third kappa shape index (κ3) is 2.90. The Kier molecular flexibility index (Phi) is 4.01. The molecule has 1 aromatic rings. The summed E-state index contributed by atoms with van der Waals surface area (Å²) in [6.07, 6.45) is 3.52. The maximum absolute atomic E-state index is 12.3. The van der Waals surface area contributed by atoms with E-state index >= 15 is 0 Å². The van der Waals surface area contributed by atoms with Gasteiger partial charge in [-0.3, -0.25) is 4.79 Å². The SMILES string of the molecule is Cc1cc(CC(=O)N2CCCC[C@H]2[C@@H](C)N)no1. The van der Waals surface area contributed by atoms with Crippen molar-refractivity contribution in [2.24, 2.45) is 5.73 Å². The summed E-state index contributed by atoms with van der Waals surface area (Å²) in [6, 6.07) is 2.00. The first-order valence-corrected chi connectivity index (χ1v) is 6.55. The molecule has 1 aromatic heterocycles. The molecule has 0 aromatic carbocycles. The standard InChI is InChI=1S/C13H21N3O2/c1-9-7-11(15-18-9)8-13(17)16-6-4-3-5-12(16)10(2)14/h7,10,12H,3-6,8,14H2,1-2H3/t10-,12+/m1/s1. The number of nitrogens with two attached hydrogens (primary N) is 1. The summed E-state index contributed by atoms with van der Waals surface area (Å²) in [5.74, 6) is 0.838. The van der Waals surface area contributed by atoms with Gasteiger partial charge in [0.05, 0.1) is 12.1 Å². The van der Waals surface area contributed by atoms with Crippen LogP contribution in [-0.4, -0.2) is 34.6 Å². The Morgan fingerprint density at radius 3 is 3.06 bits per heavy atom. The zero-order valence-electron chi connectivity index (χ0n) is 11.1. The molecule has 0 radical (unpaired) electrons. The first-order chi connectivity index (χ1) is 8.58. The summed E-state index contributed by atoms with van der Waals surface area (Å²) in [5.41, 5.74) is 6.67. The van der Waals surface area contributed by atoms with E-state index in [2.05, 4.69) is 5.16 Å². The lowest BCUT2D eigenvalue weighted by molar-refractivity contribution is -0.134. The van der Waals surface area contributed by atoms with Crippen molar-refractivity contribution in [2.45, 2.75) is 51.6 Å². The Labute approximate surface area is 107 Å². The second kappa shape index (κ2) is 5.52. The van der Waals surface area contributed by atoms with Gasteiger partial charge in [0.2, 0.25) is 5.91 Å². The normalized spacial score (nSPS) is 21.9. The van der Waals surface area contributed by atoms with Gasteiger partial charge in [0.1, 0.15) is 5.76 Å². The predicted octanol–water partition coefficient (Wildman–Crippen LogP) is 1.25. The lowest BCUT2D eigenvalue weighted by Crippen LogP contribution is -2.52. The molecule has 1 saturated heterocycles. The van der Waals surface area contributed by atoms with Crippen LogP contribution in [0.25, 0.3) is 0 Å². The fourth-order valence-electron chi connectivity index (χ4n) is 2.57. The van der Waals surface area contributed by atoms with Crippen molar-refractivity contribution in [3.63, 3.8) is 0 Å². The zero-order valence-corrected chi connectivity index (χ0v) is 11.1. The molecule has 0 aliphatic carbocycles. The van der Waals surface area contributed by atoms with Crippen molar-refractivity contribution in [2.75, 3.05) is 6.54 Å². The summed E-state index contributed by atoms with van der Waals surface area (Å²) >= 11 is 0. The van der Waals surface area contributed by atoms with E-state index in [1.807, 2.05) is 24.8 Å². The zero-order chi connectivity index (χ0) is 13.1. The van der Waals surface area contributed by atoms with Gasteiger partial charge in [-0.1, -0.05) is 5.16 Å². The summed E-state index contributed by atoms with van der Waals surface area (Å²) < 4.78 is 4.98. The fraction of sp³-hybridized carbons (Fsp3) is 0.692. The number of nitrogens with zero attached hydrogens (tertiary/aromatic N) is 2. The van der Waals surface area contributed by atoms with E-state index < -0.39 is 0 Å². The van der Waals surface area contributed by atoms with Crippen molar-refractivity contribution in [1.29, 1.82) is 0 Å². The van der Waals surface area contributed by atoms with Crippen LogP contribution in [0.2, 0.25) is 0 Å². The summed E-state index contributed by atoms with van der Waals surface area (Å²) in [4.78, 5) is 14.2. The van der Waals surface area contributed by atoms with Gasteiger partial charge in [0, 0.05) is 24.7 Å². The largest absolute Gasteiger partial charge is 0.361 e. The van der Waals surface area contributed by atoms with Crippen LogP contribution >= 0.6 is 0 Å².